The maximum absolute atomic E-state index is 14.0. The molecule has 206 valence electrons. The number of benzene rings is 3. The Balaban J connectivity index is 1.71. The summed E-state index contributed by atoms with van der Waals surface area (Å²) in [6.07, 6.45) is 1.27. The number of fused-ring (bicyclic) bond motifs is 1. The molecule has 3 aromatic rings. The zero-order valence-corrected chi connectivity index (χ0v) is 23.2. The van der Waals surface area contributed by atoms with Crippen LogP contribution < -0.4 is 19.1 Å². The Bertz CT molecular complexity index is 1420. The normalized spacial score (nSPS) is 13.0. The van der Waals surface area contributed by atoms with Crippen LogP contribution in [0.4, 0.5) is 5.69 Å². The maximum atomic E-state index is 14.0. The lowest BCUT2D eigenvalue weighted by Crippen LogP contribution is -2.53. The van der Waals surface area contributed by atoms with E-state index in [1.165, 1.54) is 11.0 Å². The second-order valence-corrected chi connectivity index (χ2v) is 11.4. The quantitative estimate of drug-likeness (QED) is 0.377. The van der Waals surface area contributed by atoms with Crippen molar-refractivity contribution in [1.29, 1.82) is 0 Å². The molecule has 0 spiro atoms. The summed E-state index contributed by atoms with van der Waals surface area (Å²) in [5, 5.41) is 3.36. The average molecular weight is 572 g/mol. The molecule has 0 aromatic heterocycles. The number of amides is 2. The molecule has 0 radical (unpaired) electrons. The van der Waals surface area contributed by atoms with Gasteiger partial charge in [-0.3, -0.25) is 13.9 Å². The molecule has 0 saturated heterocycles. The number of sulfonamides is 1. The van der Waals surface area contributed by atoms with Crippen LogP contribution >= 0.6 is 11.6 Å². The van der Waals surface area contributed by atoms with E-state index >= 15 is 0 Å². The van der Waals surface area contributed by atoms with E-state index in [-0.39, 0.29) is 31.4 Å². The molecule has 2 amide bonds. The second-order valence-electron chi connectivity index (χ2n) is 9.06. The molecule has 3 aromatic carbocycles. The van der Waals surface area contributed by atoms with Gasteiger partial charge in [0.15, 0.2) is 11.5 Å². The summed E-state index contributed by atoms with van der Waals surface area (Å²) >= 11 is 6.06. The minimum Gasteiger partial charge on any atom is -0.454 e. The molecule has 0 aliphatic carbocycles. The van der Waals surface area contributed by atoms with Crippen molar-refractivity contribution in [2.45, 2.75) is 25.9 Å². The third-order valence-electron chi connectivity index (χ3n) is 6.21. The largest absolute Gasteiger partial charge is 0.454 e. The van der Waals surface area contributed by atoms with Gasteiger partial charge in [-0.2, -0.15) is 0 Å². The van der Waals surface area contributed by atoms with Crippen molar-refractivity contribution in [2.75, 3.05) is 30.4 Å². The summed E-state index contributed by atoms with van der Waals surface area (Å²) in [5.41, 5.74) is 1.85. The molecule has 1 aliphatic heterocycles. The van der Waals surface area contributed by atoms with Crippen LogP contribution in [-0.4, -0.2) is 57.3 Å². The Morgan fingerprint density at radius 3 is 2.33 bits per heavy atom. The van der Waals surface area contributed by atoms with E-state index in [4.69, 9.17) is 21.1 Å². The Hall–Kier alpha value is -3.76. The maximum Gasteiger partial charge on any atom is 0.244 e. The number of nitrogens with zero attached hydrogens (tertiary/aromatic N) is 2. The van der Waals surface area contributed by atoms with E-state index in [1.54, 1.807) is 43.3 Å². The van der Waals surface area contributed by atoms with Crippen LogP contribution in [0, 0.1) is 0 Å². The Morgan fingerprint density at radius 2 is 1.67 bits per heavy atom. The molecule has 0 fully saturated rings. The van der Waals surface area contributed by atoms with Crippen molar-refractivity contribution in [3.8, 4) is 11.5 Å². The first kappa shape index (κ1) is 28.3. The van der Waals surface area contributed by atoms with Gasteiger partial charge in [-0.15, -0.1) is 0 Å². The summed E-state index contributed by atoms with van der Waals surface area (Å²) in [6, 6.07) is 20.1. The number of carbonyl (C=O) groups is 2. The topological polar surface area (TPSA) is 105 Å². The van der Waals surface area contributed by atoms with Crippen molar-refractivity contribution in [3.63, 3.8) is 0 Å². The molecule has 0 saturated carbocycles. The van der Waals surface area contributed by atoms with Crippen LogP contribution in [0.3, 0.4) is 0 Å². The number of carbonyl (C=O) groups excluding carboxylic acids is 2. The van der Waals surface area contributed by atoms with Gasteiger partial charge in [0.2, 0.25) is 28.6 Å². The van der Waals surface area contributed by atoms with Crippen molar-refractivity contribution in [2.24, 2.45) is 0 Å². The molecular formula is C28H30ClN3O6S. The third kappa shape index (κ3) is 7.21. The van der Waals surface area contributed by atoms with Gasteiger partial charge in [-0.25, -0.2) is 8.42 Å². The van der Waals surface area contributed by atoms with E-state index in [0.717, 1.165) is 21.7 Å². The number of halogens is 1. The first-order valence-electron chi connectivity index (χ1n) is 12.4. The summed E-state index contributed by atoms with van der Waals surface area (Å²) < 4.78 is 37.5. The van der Waals surface area contributed by atoms with Gasteiger partial charge in [0.25, 0.3) is 0 Å². The Morgan fingerprint density at radius 1 is 0.974 bits per heavy atom. The zero-order chi connectivity index (χ0) is 28.0. The minimum absolute atomic E-state index is 0.0270. The van der Waals surface area contributed by atoms with E-state index in [0.29, 0.717) is 23.1 Å². The van der Waals surface area contributed by atoms with E-state index in [1.807, 2.05) is 30.3 Å². The predicted octanol–water partition coefficient (Wildman–Crippen LogP) is 3.61. The number of ether oxygens (including phenoxy) is 2. The fraction of sp³-hybridized carbons (Fsp3) is 0.286. The molecule has 1 N–H and O–H groups in total. The molecular weight excluding hydrogens is 542 g/mol. The van der Waals surface area contributed by atoms with Gasteiger partial charge < -0.3 is 19.7 Å². The number of nitrogens with one attached hydrogen (secondary N) is 1. The SMILES string of the molecule is CCNC(=O)C(Cc1ccccc1)N(Cc1ccc(Cl)cc1)C(=O)CN(c1ccc2c(c1)OCO2)S(C)(=O)=O. The molecule has 1 aliphatic rings. The lowest BCUT2D eigenvalue weighted by atomic mass is 10.0. The minimum atomic E-state index is -3.89. The van der Waals surface area contributed by atoms with Crippen molar-refractivity contribution >= 4 is 39.1 Å². The van der Waals surface area contributed by atoms with E-state index in [2.05, 4.69) is 5.32 Å². The monoisotopic (exact) mass is 571 g/mol. The second kappa shape index (κ2) is 12.4. The average Bonchev–Trinajstić information content (AvgIpc) is 3.38. The number of hydrogen-bond donors (Lipinski definition) is 1. The predicted molar refractivity (Wildman–Crippen MR) is 149 cm³/mol. The highest BCUT2D eigenvalue weighted by atomic mass is 35.5. The molecule has 0 bridgehead atoms. The van der Waals surface area contributed by atoms with Crippen molar-refractivity contribution in [3.05, 3.63) is 88.9 Å². The smallest absolute Gasteiger partial charge is 0.244 e. The summed E-state index contributed by atoms with van der Waals surface area (Å²) in [5.74, 6) is -0.00386. The summed E-state index contributed by atoms with van der Waals surface area (Å²) in [6.45, 7) is 1.76. The first-order chi connectivity index (χ1) is 18.7. The first-order valence-corrected chi connectivity index (χ1v) is 14.6. The molecule has 4 rings (SSSR count). The lowest BCUT2D eigenvalue weighted by molar-refractivity contribution is -0.140. The fourth-order valence-electron chi connectivity index (χ4n) is 4.29. The number of likely N-dealkylation sites (N-methyl/N-ethyl adjacent to an activating group) is 1. The van der Waals surface area contributed by atoms with Gasteiger partial charge in [0.05, 0.1) is 11.9 Å². The van der Waals surface area contributed by atoms with E-state index in [9.17, 15) is 18.0 Å². The molecule has 9 nitrogen and oxygen atoms in total. The van der Waals surface area contributed by atoms with Crippen LogP contribution in [0.5, 0.6) is 11.5 Å². The van der Waals surface area contributed by atoms with Crippen LogP contribution in [0.1, 0.15) is 18.1 Å². The highest BCUT2D eigenvalue weighted by molar-refractivity contribution is 7.92. The zero-order valence-electron chi connectivity index (χ0n) is 21.7. The van der Waals surface area contributed by atoms with Crippen molar-refractivity contribution in [1.82, 2.24) is 10.2 Å². The van der Waals surface area contributed by atoms with Gasteiger partial charge >= 0.3 is 0 Å². The summed E-state index contributed by atoms with van der Waals surface area (Å²) in [4.78, 5) is 28.7. The number of anilines is 1. The highest BCUT2D eigenvalue weighted by Crippen LogP contribution is 2.36. The number of rotatable bonds is 11. The van der Waals surface area contributed by atoms with Crippen LogP contribution in [0.25, 0.3) is 0 Å². The molecule has 1 unspecified atom stereocenters. The molecule has 1 heterocycles. The fourth-order valence-corrected chi connectivity index (χ4v) is 5.25. The highest BCUT2D eigenvalue weighted by Gasteiger charge is 2.33. The standard InChI is InChI=1S/C28H30ClN3O6S/c1-3-30-28(34)24(15-20-7-5-4-6-8-20)31(17-21-9-11-22(29)12-10-21)27(33)18-32(39(2,35)36)23-13-14-25-26(16-23)38-19-37-25/h4-14,16,24H,3,15,17-19H2,1-2H3,(H,30,34). The van der Waals surface area contributed by atoms with Gasteiger partial charge in [0, 0.05) is 30.6 Å². The Kier molecular flexibility index (Phi) is 8.98. The number of hydrogen-bond acceptors (Lipinski definition) is 6. The van der Waals surface area contributed by atoms with Crippen LogP contribution in [0.2, 0.25) is 5.02 Å². The summed E-state index contributed by atoms with van der Waals surface area (Å²) in [7, 11) is -3.89. The molecule has 39 heavy (non-hydrogen) atoms. The van der Waals surface area contributed by atoms with Crippen LogP contribution in [-0.2, 0) is 32.6 Å². The van der Waals surface area contributed by atoms with Crippen molar-refractivity contribution < 1.29 is 27.5 Å². The van der Waals surface area contributed by atoms with E-state index < -0.39 is 28.5 Å². The Labute approximate surface area is 233 Å². The van der Waals surface area contributed by atoms with Gasteiger partial charge in [-0.05, 0) is 42.3 Å². The molecule has 1 atom stereocenters. The molecule has 11 heteroatoms. The van der Waals surface area contributed by atoms with Gasteiger partial charge in [-0.1, -0.05) is 54.1 Å². The lowest BCUT2D eigenvalue weighted by Gasteiger charge is -2.33. The van der Waals surface area contributed by atoms with Crippen LogP contribution in [0.15, 0.2) is 72.8 Å². The third-order valence-corrected chi connectivity index (χ3v) is 7.60. The van der Waals surface area contributed by atoms with Gasteiger partial charge in [0.1, 0.15) is 12.6 Å².